The second-order valence-electron chi connectivity index (χ2n) is 7.33. The quantitative estimate of drug-likeness (QED) is 0.721. The van der Waals surface area contributed by atoms with E-state index in [0.717, 1.165) is 23.3 Å². The Morgan fingerprint density at radius 1 is 1.04 bits per heavy atom. The summed E-state index contributed by atoms with van der Waals surface area (Å²) in [5, 5.41) is 1.23. The Morgan fingerprint density at radius 2 is 1.77 bits per heavy atom. The molecule has 2 aromatic heterocycles. The summed E-state index contributed by atoms with van der Waals surface area (Å²) in [4.78, 5) is 18.1. The van der Waals surface area contributed by atoms with Crippen molar-refractivity contribution in [3.8, 4) is 11.3 Å². The molecule has 134 valence electrons. The first-order valence-electron chi connectivity index (χ1n) is 9.22. The Bertz CT molecular complexity index is 912. The lowest BCUT2D eigenvalue weighted by Gasteiger charge is -2.15. The molecule has 0 N–H and O–H groups in total. The van der Waals surface area contributed by atoms with Crippen LogP contribution in [0.4, 0.5) is 5.95 Å². The minimum absolute atomic E-state index is 0.706. The van der Waals surface area contributed by atoms with Gasteiger partial charge in [0.05, 0.1) is 11.2 Å². The molecule has 1 saturated heterocycles. The molecule has 1 aliphatic heterocycles. The molecule has 0 amide bonds. The summed E-state index contributed by atoms with van der Waals surface area (Å²) in [7, 11) is 3.88. The van der Waals surface area contributed by atoms with Gasteiger partial charge >= 0.3 is 0 Å². The van der Waals surface area contributed by atoms with E-state index < -0.39 is 0 Å². The molecule has 1 fully saturated rings. The Labute approximate surface area is 154 Å². The Kier molecular flexibility index (Phi) is 4.55. The largest absolute Gasteiger partial charge is 0.347 e. The maximum absolute atomic E-state index is 4.85. The summed E-state index contributed by atoms with van der Waals surface area (Å²) >= 11 is 0. The zero-order chi connectivity index (χ0) is 18.1. The molecular weight excluding hydrogens is 322 g/mol. The van der Waals surface area contributed by atoms with Gasteiger partial charge in [0.25, 0.3) is 0 Å². The van der Waals surface area contributed by atoms with Crippen molar-refractivity contribution in [3.05, 3.63) is 47.8 Å². The molecule has 1 aliphatic rings. The Balaban J connectivity index is 1.65. The number of hydrogen-bond acceptors (Lipinski definition) is 5. The van der Waals surface area contributed by atoms with Gasteiger partial charge in [0, 0.05) is 44.0 Å². The zero-order valence-electron chi connectivity index (χ0n) is 15.7. The van der Waals surface area contributed by atoms with Crippen molar-refractivity contribution in [1.29, 1.82) is 0 Å². The van der Waals surface area contributed by atoms with Crippen LogP contribution in [0, 0.1) is 6.92 Å². The number of pyridine rings is 1. The minimum atomic E-state index is 0.706. The number of aryl methyl sites for hydroxylation is 1. The van der Waals surface area contributed by atoms with E-state index in [1.165, 1.54) is 42.4 Å². The summed E-state index contributed by atoms with van der Waals surface area (Å²) in [5.74, 6) is 0.706. The van der Waals surface area contributed by atoms with Crippen LogP contribution in [0.25, 0.3) is 22.2 Å². The van der Waals surface area contributed by atoms with Gasteiger partial charge in [0.2, 0.25) is 5.95 Å². The van der Waals surface area contributed by atoms with Crippen molar-refractivity contribution in [2.75, 3.05) is 32.1 Å². The van der Waals surface area contributed by atoms with Gasteiger partial charge in [-0.05, 0) is 62.2 Å². The Hall–Kier alpha value is -2.53. The highest BCUT2D eigenvalue weighted by molar-refractivity contribution is 5.85. The predicted molar refractivity (Wildman–Crippen MR) is 106 cm³/mol. The van der Waals surface area contributed by atoms with E-state index in [-0.39, 0.29) is 0 Å². The molecule has 0 spiro atoms. The average molecular weight is 347 g/mol. The van der Waals surface area contributed by atoms with E-state index in [1.54, 1.807) is 0 Å². The molecule has 3 aromatic rings. The van der Waals surface area contributed by atoms with Gasteiger partial charge in [-0.25, -0.2) is 15.0 Å². The van der Waals surface area contributed by atoms with Crippen molar-refractivity contribution in [3.63, 3.8) is 0 Å². The molecule has 26 heavy (non-hydrogen) atoms. The third kappa shape index (κ3) is 3.40. The third-order valence-corrected chi connectivity index (χ3v) is 5.02. The third-order valence-electron chi connectivity index (χ3n) is 5.02. The molecule has 5 heteroatoms. The molecule has 3 heterocycles. The average Bonchev–Trinajstić information content (AvgIpc) is 3.15. The fraction of sp³-hybridized carbons (Fsp3) is 0.381. The molecule has 0 bridgehead atoms. The summed E-state index contributed by atoms with van der Waals surface area (Å²) < 4.78 is 0. The fourth-order valence-corrected chi connectivity index (χ4v) is 3.57. The lowest BCUT2D eigenvalue weighted by Crippen LogP contribution is -2.18. The first-order chi connectivity index (χ1) is 12.6. The monoisotopic (exact) mass is 347 g/mol. The number of rotatable bonds is 4. The number of aromatic nitrogens is 3. The molecule has 0 saturated carbocycles. The molecular formula is C21H25N5. The fourth-order valence-electron chi connectivity index (χ4n) is 3.57. The minimum Gasteiger partial charge on any atom is -0.347 e. The number of likely N-dealkylation sites (tertiary alicyclic amines) is 1. The van der Waals surface area contributed by atoms with Gasteiger partial charge in [-0.3, -0.25) is 4.90 Å². The first kappa shape index (κ1) is 16.9. The first-order valence-corrected chi connectivity index (χ1v) is 9.22. The van der Waals surface area contributed by atoms with Crippen molar-refractivity contribution in [2.24, 2.45) is 0 Å². The summed E-state index contributed by atoms with van der Waals surface area (Å²) in [5.41, 5.74) is 5.51. The van der Waals surface area contributed by atoms with Crippen molar-refractivity contribution >= 4 is 16.9 Å². The number of nitrogens with zero attached hydrogens (tertiary/aromatic N) is 5. The summed E-state index contributed by atoms with van der Waals surface area (Å²) in [6.07, 6.45) is 6.34. The molecule has 4 rings (SSSR count). The lowest BCUT2D eigenvalue weighted by atomic mass is 10.0. The number of benzene rings is 1. The van der Waals surface area contributed by atoms with E-state index in [4.69, 9.17) is 4.98 Å². The van der Waals surface area contributed by atoms with Crippen LogP contribution in [-0.4, -0.2) is 47.0 Å². The van der Waals surface area contributed by atoms with Gasteiger partial charge in [-0.15, -0.1) is 0 Å². The second-order valence-corrected chi connectivity index (χ2v) is 7.33. The highest BCUT2D eigenvalue weighted by Crippen LogP contribution is 2.26. The zero-order valence-corrected chi connectivity index (χ0v) is 15.7. The van der Waals surface area contributed by atoms with E-state index >= 15 is 0 Å². The summed E-state index contributed by atoms with van der Waals surface area (Å²) in [6, 6.07) is 8.79. The SMILES string of the molecule is Cc1cc(-c2cnc(N(C)C)nc2)nc2ccc(CN3CCCC3)cc12. The maximum Gasteiger partial charge on any atom is 0.224 e. The number of anilines is 1. The van der Waals surface area contributed by atoms with Crippen LogP contribution in [0.2, 0.25) is 0 Å². The topological polar surface area (TPSA) is 45.2 Å². The standard InChI is InChI=1S/C21H25N5/c1-15-10-20(17-12-22-21(23-13-17)25(2)3)24-19-7-6-16(11-18(15)19)14-26-8-4-5-9-26/h6-7,10-13H,4-5,8-9,14H2,1-3H3. The highest BCUT2D eigenvalue weighted by atomic mass is 15.2. The molecule has 1 aromatic carbocycles. The van der Waals surface area contributed by atoms with Gasteiger partial charge in [-0.1, -0.05) is 6.07 Å². The molecule has 0 aliphatic carbocycles. The summed E-state index contributed by atoms with van der Waals surface area (Å²) in [6.45, 7) is 5.63. The van der Waals surface area contributed by atoms with Gasteiger partial charge in [-0.2, -0.15) is 0 Å². The van der Waals surface area contributed by atoms with Gasteiger partial charge in [0.1, 0.15) is 0 Å². The normalized spacial score (nSPS) is 14.9. The van der Waals surface area contributed by atoms with Gasteiger partial charge in [0.15, 0.2) is 0 Å². The van der Waals surface area contributed by atoms with Crippen LogP contribution in [0.15, 0.2) is 36.7 Å². The molecule has 0 atom stereocenters. The smallest absolute Gasteiger partial charge is 0.224 e. The van der Waals surface area contributed by atoms with E-state index in [0.29, 0.717) is 5.95 Å². The van der Waals surface area contributed by atoms with Crippen LogP contribution in [0.5, 0.6) is 0 Å². The predicted octanol–water partition coefficient (Wildman–Crippen LogP) is 3.66. The van der Waals surface area contributed by atoms with E-state index in [1.807, 2.05) is 31.4 Å². The highest BCUT2D eigenvalue weighted by Gasteiger charge is 2.13. The van der Waals surface area contributed by atoms with Crippen LogP contribution < -0.4 is 4.90 Å². The van der Waals surface area contributed by atoms with Crippen LogP contribution in [0.3, 0.4) is 0 Å². The van der Waals surface area contributed by atoms with Crippen molar-refractivity contribution in [2.45, 2.75) is 26.3 Å². The lowest BCUT2D eigenvalue weighted by molar-refractivity contribution is 0.331. The van der Waals surface area contributed by atoms with E-state index in [2.05, 4.69) is 46.1 Å². The number of hydrogen-bond donors (Lipinski definition) is 0. The van der Waals surface area contributed by atoms with Crippen LogP contribution >= 0.6 is 0 Å². The maximum atomic E-state index is 4.85. The Morgan fingerprint density at radius 3 is 2.46 bits per heavy atom. The van der Waals surface area contributed by atoms with Crippen LogP contribution in [-0.2, 0) is 6.54 Å². The molecule has 5 nitrogen and oxygen atoms in total. The molecule has 0 radical (unpaired) electrons. The van der Waals surface area contributed by atoms with Crippen molar-refractivity contribution < 1.29 is 0 Å². The van der Waals surface area contributed by atoms with Crippen LogP contribution in [0.1, 0.15) is 24.0 Å². The number of fused-ring (bicyclic) bond motifs is 1. The second kappa shape index (κ2) is 7.00. The molecule has 0 unspecified atom stereocenters. The van der Waals surface area contributed by atoms with E-state index in [9.17, 15) is 0 Å². The van der Waals surface area contributed by atoms with Gasteiger partial charge < -0.3 is 4.90 Å². The van der Waals surface area contributed by atoms with Crippen molar-refractivity contribution in [1.82, 2.24) is 19.9 Å².